The lowest BCUT2D eigenvalue weighted by molar-refractivity contribution is 0.555. The first-order valence-corrected chi connectivity index (χ1v) is 10.4. The highest BCUT2D eigenvalue weighted by atomic mass is 35.5. The van der Waals surface area contributed by atoms with Crippen LogP contribution in [0.4, 0.5) is 4.39 Å². The fourth-order valence-corrected chi connectivity index (χ4v) is 3.88. The Balaban J connectivity index is 0.00000280. The fourth-order valence-electron chi connectivity index (χ4n) is 3.21. The molecule has 0 atom stereocenters. The molecule has 150 valence electrons. The molecule has 0 aliphatic rings. The van der Waals surface area contributed by atoms with Crippen molar-refractivity contribution in [2.24, 2.45) is 5.73 Å². The van der Waals surface area contributed by atoms with E-state index >= 15 is 0 Å². The van der Waals surface area contributed by atoms with Crippen LogP contribution >= 0.6 is 12.4 Å². The summed E-state index contributed by atoms with van der Waals surface area (Å²) < 4.78 is 39.9. The normalized spacial score (nSPS) is 12.2. The third kappa shape index (κ3) is 4.27. The second-order valence-corrected chi connectivity index (χ2v) is 8.57. The van der Waals surface area contributed by atoms with Crippen molar-refractivity contribution in [1.82, 2.24) is 9.55 Å². The molecule has 0 bridgehead atoms. The van der Waals surface area contributed by atoms with Crippen molar-refractivity contribution in [3.63, 3.8) is 0 Å². The average Bonchev–Trinajstić information content (AvgIpc) is 2.86. The van der Waals surface area contributed by atoms with Crippen LogP contribution in [0.25, 0.3) is 22.2 Å². The summed E-state index contributed by atoms with van der Waals surface area (Å²) in [4.78, 5) is 4.88. The summed E-state index contributed by atoms with van der Waals surface area (Å²) >= 11 is 0. The molecular weight excluding hydrogens is 401 g/mol. The second kappa shape index (κ2) is 8.43. The number of sulfone groups is 1. The van der Waals surface area contributed by atoms with Gasteiger partial charge in [0.15, 0.2) is 9.84 Å². The maximum atomic E-state index is 14.2. The Morgan fingerprint density at radius 3 is 2.61 bits per heavy atom. The van der Waals surface area contributed by atoms with Crippen molar-refractivity contribution >= 4 is 33.3 Å². The number of rotatable bonds is 5. The number of aromatic nitrogens is 2. The monoisotopic (exact) mass is 423 g/mol. The predicted molar refractivity (Wildman–Crippen MR) is 113 cm³/mol. The van der Waals surface area contributed by atoms with E-state index < -0.39 is 9.84 Å². The van der Waals surface area contributed by atoms with Gasteiger partial charge in [-0.2, -0.15) is 0 Å². The van der Waals surface area contributed by atoms with E-state index in [9.17, 15) is 12.8 Å². The van der Waals surface area contributed by atoms with Gasteiger partial charge in [-0.05, 0) is 49.8 Å². The van der Waals surface area contributed by atoms with Crippen molar-refractivity contribution in [2.45, 2.75) is 25.3 Å². The zero-order chi connectivity index (χ0) is 19.8. The zero-order valence-electron chi connectivity index (χ0n) is 15.9. The van der Waals surface area contributed by atoms with Gasteiger partial charge in [-0.1, -0.05) is 12.1 Å². The van der Waals surface area contributed by atoms with Crippen molar-refractivity contribution in [3.8, 4) is 11.1 Å². The summed E-state index contributed by atoms with van der Waals surface area (Å²) in [7, 11) is -3.34. The van der Waals surface area contributed by atoms with Gasteiger partial charge >= 0.3 is 0 Å². The van der Waals surface area contributed by atoms with Gasteiger partial charge in [0.25, 0.3) is 0 Å². The predicted octanol–water partition coefficient (Wildman–Crippen LogP) is 3.96. The second-order valence-electron chi connectivity index (χ2n) is 6.55. The average molecular weight is 424 g/mol. The first-order chi connectivity index (χ1) is 12.7. The van der Waals surface area contributed by atoms with Crippen LogP contribution in [0, 0.1) is 13.8 Å². The Morgan fingerprint density at radius 2 is 1.96 bits per heavy atom. The molecule has 2 aromatic heterocycles. The molecule has 2 N–H and O–H groups in total. The van der Waals surface area contributed by atoms with Gasteiger partial charge in [-0.15, -0.1) is 12.4 Å². The molecule has 1 aromatic carbocycles. The molecule has 0 saturated heterocycles. The number of halogens is 2. The van der Waals surface area contributed by atoms with Crippen LogP contribution < -0.4 is 5.73 Å². The highest BCUT2D eigenvalue weighted by Crippen LogP contribution is 2.35. The number of fused-ring (bicyclic) bond motifs is 1. The Morgan fingerprint density at radius 1 is 1.25 bits per heavy atom. The maximum absolute atomic E-state index is 14.2. The van der Waals surface area contributed by atoms with Crippen LogP contribution in [0.2, 0.25) is 0 Å². The highest BCUT2D eigenvalue weighted by Gasteiger charge is 2.19. The number of nitrogens with zero attached hydrogens (tertiary/aromatic N) is 2. The number of hydrogen-bond acceptors (Lipinski definition) is 4. The van der Waals surface area contributed by atoms with Crippen LogP contribution in [0.1, 0.15) is 11.4 Å². The third-order valence-electron chi connectivity index (χ3n) is 4.51. The van der Waals surface area contributed by atoms with Crippen molar-refractivity contribution in [1.29, 1.82) is 0 Å². The smallest absolute Gasteiger partial charge is 0.175 e. The molecule has 5 nitrogen and oxygen atoms in total. The van der Waals surface area contributed by atoms with Crippen molar-refractivity contribution < 1.29 is 12.8 Å². The summed E-state index contributed by atoms with van der Waals surface area (Å²) in [5.74, 6) is -0.325. The molecule has 0 unspecified atom stereocenters. The molecule has 0 radical (unpaired) electrons. The van der Waals surface area contributed by atoms with E-state index in [0.29, 0.717) is 0 Å². The third-order valence-corrected chi connectivity index (χ3v) is 5.62. The SMILES string of the molecule is Cc1ccc2c(n1)c(-c1cccc(S(C)(=O)=O)c1)c(C)n2C/C(F)=C/CN.Cl. The first-order valence-electron chi connectivity index (χ1n) is 8.54. The summed E-state index contributed by atoms with van der Waals surface area (Å²) in [6.45, 7) is 3.95. The Hall–Kier alpha value is -2.22. The molecule has 28 heavy (non-hydrogen) atoms. The summed E-state index contributed by atoms with van der Waals surface area (Å²) in [6, 6.07) is 10.5. The molecule has 0 spiro atoms. The minimum Gasteiger partial charge on any atom is -0.336 e. The topological polar surface area (TPSA) is 78.0 Å². The summed E-state index contributed by atoms with van der Waals surface area (Å²) in [5.41, 5.74) is 10.1. The summed E-state index contributed by atoms with van der Waals surface area (Å²) in [6.07, 6.45) is 2.52. The lowest BCUT2D eigenvalue weighted by atomic mass is 10.1. The molecule has 3 rings (SSSR count). The van der Waals surface area contributed by atoms with E-state index in [2.05, 4.69) is 4.98 Å². The minimum absolute atomic E-state index is 0. The van der Waals surface area contributed by atoms with Crippen molar-refractivity contribution in [2.75, 3.05) is 12.8 Å². The lowest BCUT2D eigenvalue weighted by Gasteiger charge is -2.08. The molecule has 0 aliphatic carbocycles. The van der Waals surface area contributed by atoms with Gasteiger partial charge < -0.3 is 10.3 Å². The van der Waals surface area contributed by atoms with Crippen LogP contribution in [-0.2, 0) is 16.4 Å². The van der Waals surface area contributed by atoms with E-state index in [1.54, 1.807) is 18.2 Å². The van der Waals surface area contributed by atoms with Crippen LogP contribution in [0.15, 0.2) is 53.2 Å². The van der Waals surface area contributed by atoms with E-state index in [1.807, 2.05) is 36.6 Å². The molecule has 0 fully saturated rings. The van der Waals surface area contributed by atoms with Gasteiger partial charge in [0.05, 0.1) is 22.5 Å². The molecule has 0 saturated carbocycles. The number of hydrogen-bond donors (Lipinski definition) is 1. The van der Waals surface area contributed by atoms with Gasteiger partial charge in [0.2, 0.25) is 0 Å². The number of benzene rings is 1. The highest BCUT2D eigenvalue weighted by molar-refractivity contribution is 7.90. The lowest BCUT2D eigenvalue weighted by Crippen LogP contribution is -2.03. The number of allylic oxidation sites excluding steroid dienone is 1. The fraction of sp³-hybridized carbons (Fsp3) is 0.250. The minimum atomic E-state index is -3.34. The number of pyridine rings is 1. The van der Waals surface area contributed by atoms with Crippen molar-refractivity contribution in [3.05, 3.63) is 59.7 Å². The molecule has 0 aliphatic heterocycles. The Bertz CT molecular complexity index is 1150. The maximum Gasteiger partial charge on any atom is 0.175 e. The first kappa shape index (κ1) is 22.1. The largest absolute Gasteiger partial charge is 0.336 e. The van der Waals surface area contributed by atoms with E-state index in [1.165, 1.54) is 12.3 Å². The molecule has 0 amide bonds. The standard InChI is InChI=1S/C20H22FN3O2S.ClH/c1-13-7-8-18-20(23-13)19(14(2)24(18)12-16(21)9-10-22)15-5-4-6-17(11-15)27(3,25)26;/h4-9,11H,10,12,22H2,1-3H3;1H/b16-9-;. The van der Waals surface area contributed by atoms with Crippen LogP contribution in [0.5, 0.6) is 0 Å². The molecule has 2 heterocycles. The van der Waals surface area contributed by atoms with Gasteiger partial charge in [-0.25, -0.2) is 12.8 Å². The number of nitrogens with two attached hydrogens (primary N) is 1. The zero-order valence-corrected chi connectivity index (χ0v) is 17.6. The van der Waals surface area contributed by atoms with Crippen LogP contribution in [0.3, 0.4) is 0 Å². The van der Waals surface area contributed by atoms with Gasteiger partial charge in [0, 0.05) is 29.8 Å². The van der Waals surface area contributed by atoms with Gasteiger partial charge in [0.1, 0.15) is 5.83 Å². The quantitative estimate of drug-likeness (QED) is 0.673. The Labute approximate surface area is 170 Å². The van der Waals surface area contributed by atoms with Gasteiger partial charge in [-0.3, -0.25) is 4.98 Å². The summed E-state index contributed by atoms with van der Waals surface area (Å²) in [5, 5.41) is 0. The Kier molecular flexibility index (Phi) is 6.64. The number of aryl methyl sites for hydroxylation is 1. The van der Waals surface area contributed by atoms with E-state index in [0.717, 1.165) is 33.5 Å². The molecule has 3 aromatic rings. The molecule has 8 heteroatoms. The molecular formula is C20H23ClFN3O2S. The van der Waals surface area contributed by atoms with E-state index in [-0.39, 0.29) is 36.2 Å². The van der Waals surface area contributed by atoms with Crippen LogP contribution in [-0.4, -0.2) is 30.8 Å². The van der Waals surface area contributed by atoms with E-state index in [4.69, 9.17) is 5.73 Å².